The molecule has 0 aromatic heterocycles. The molecule has 0 spiro atoms. The molecular weight excluding hydrogens is 150 g/mol. The number of halogens is 2. The molecule has 0 heterocycles. The number of hydrogen-bond acceptors (Lipinski definition) is 0. The highest BCUT2D eigenvalue weighted by Crippen LogP contribution is 2.16. The minimum absolute atomic E-state index is 0.368. The molecule has 0 unspecified atom stereocenters. The van der Waals surface area contributed by atoms with Crippen molar-refractivity contribution in [1.82, 2.24) is 0 Å². The van der Waals surface area contributed by atoms with Crippen LogP contribution in [0.3, 0.4) is 0 Å². The number of alkyl halides is 2. The number of rotatable bonds is 2. The van der Waals surface area contributed by atoms with Gasteiger partial charge in [-0.1, -0.05) is 30.3 Å². The van der Waals surface area contributed by atoms with E-state index in [1.54, 1.807) is 18.2 Å². The Morgan fingerprint density at radius 1 is 1.18 bits per heavy atom. The van der Waals surface area contributed by atoms with E-state index in [1.807, 2.05) is 0 Å². The van der Waals surface area contributed by atoms with Crippen molar-refractivity contribution in [2.24, 2.45) is 0 Å². The van der Waals surface area contributed by atoms with Crippen LogP contribution in [0.5, 0.6) is 0 Å². The number of hydrogen-bond donors (Lipinski definition) is 0. The second-order valence-electron chi connectivity index (χ2n) is 2.30. The van der Waals surface area contributed by atoms with Crippen LogP contribution >= 0.6 is 0 Å². The molecule has 1 nitrogen and oxygen atoms in total. The largest absolute Gasteiger partial charge is 0.385 e. The van der Waals surface area contributed by atoms with Crippen LogP contribution in [0.1, 0.15) is 5.56 Å². The lowest BCUT2D eigenvalue weighted by Gasteiger charge is -2.04. The van der Waals surface area contributed by atoms with E-state index in [9.17, 15) is 13.9 Å². The zero-order valence-electron chi connectivity index (χ0n) is 5.76. The smallest absolute Gasteiger partial charge is 0.173 e. The van der Waals surface area contributed by atoms with Crippen LogP contribution in [0.25, 0.3) is 0 Å². The predicted octanol–water partition coefficient (Wildman–Crippen LogP) is 2.25. The average Bonchev–Trinajstić information content (AvgIpc) is 1.85. The summed E-state index contributed by atoms with van der Waals surface area (Å²) >= 11 is 0. The van der Waals surface area contributed by atoms with E-state index in [0.717, 1.165) is 0 Å². The molecule has 0 aliphatic carbocycles. The van der Waals surface area contributed by atoms with E-state index < -0.39 is 12.5 Å². The molecule has 0 bridgehead atoms. The van der Waals surface area contributed by atoms with Gasteiger partial charge in [0, 0.05) is 0 Å². The lowest BCUT2D eigenvalue weighted by Crippen LogP contribution is -2.15. The lowest BCUT2D eigenvalue weighted by molar-refractivity contribution is -0.239. The van der Waals surface area contributed by atoms with Crippen LogP contribution in [0.4, 0.5) is 8.78 Å². The maximum atomic E-state index is 11.9. The van der Waals surface area contributed by atoms with Gasteiger partial charge in [0.05, 0.1) is 6.42 Å². The first-order valence-electron chi connectivity index (χ1n) is 3.20. The first-order chi connectivity index (χ1) is 5.08. The Labute approximate surface area is 63.3 Å². The van der Waals surface area contributed by atoms with Gasteiger partial charge < -0.3 is 0 Å². The van der Waals surface area contributed by atoms with Gasteiger partial charge in [-0.05, 0) is 5.56 Å². The molecule has 0 N–H and O–H groups in total. The Balaban J connectivity index is 2.66. The van der Waals surface area contributed by atoms with E-state index in [1.165, 1.54) is 12.1 Å². The molecule has 1 aromatic carbocycles. The third-order valence-electron chi connectivity index (χ3n) is 1.25. The maximum absolute atomic E-state index is 11.9. The van der Waals surface area contributed by atoms with E-state index in [0.29, 0.717) is 5.56 Å². The molecule has 0 atom stereocenters. The molecule has 1 aromatic rings. The van der Waals surface area contributed by atoms with Crippen molar-refractivity contribution in [1.29, 1.82) is 0 Å². The highest BCUT2D eigenvalue weighted by molar-refractivity contribution is 5.15. The van der Waals surface area contributed by atoms with Gasteiger partial charge >= 0.3 is 6.11 Å². The van der Waals surface area contributed by atoms with Gasteiger partial charge in [-0.2, -0.15) is 13.9 Å². The van der Waals surface area contributed by atoms with Crippen molar-refractivity contribution in [3.05, 3.63) is 35.9 Å². The van der Waals surface area contributed by atoms with Crippen molar-refractivity contribution < 1.29 is 13.9 Å². The van der Waals surface area contributed by atoms with Gasteiger partial charge in [-0.3, -0.25) is 0 Å². The molecule has 0 saturated heterocycles. The Morgan fingerprint density at radius 3 is 2.18 bits per heavy atom. The zero-order chi connectivity index (χ0) is 8.32. The van der Waals surface area contributed by atoms with Gasteiger partial charge in [-0.15, -0.1) is 0 Å². The second-order valence-corrected chi connectivity index (χ2v) is 2.30. The molecule has 0 saturated carbocycles. The Morgan fingerprint density at radius 2 is 1.73 bits per heavy atom. The summed E-state index contributed by atoms with van der Waals surface area (Å²) in [5.74, 6) is 0. The zero-order valence-corrected chi connectivity index (χ0v) is 5.76. The highest BCUT2D eigenvalue weighted by Gasteiger charge is 2.26. The van der Waals surface area contributed by atoms with Crippen molar-refractivity contribution >= 4 is 0 Å². The van der Waals surface area contributed by atoms with E-state index >= 15 is 0 Å². The van der Waals surface area contributed by atoms with Gasteiger partial charge in [-0.25, -0.2) is 0 Å². The predicted molar refractivity (Wildman–Crippen MR) is 35.8 cm³/mol. The number of benzene rings is 1. The molecular formula is C8H7F2O. The molecule has 0 fully saturated rings. The Hall–Kier alpha value is -0.960. The molecule has 0 aliphatic rings. The summed E-state index contributed by atoms with van der Waals surface area (Å²) in [4.78, 5) is 0. The van der Waals surface area contributed by atoms with Crippen LogP contribution in [0.15, 0.2) is 30.3 Å². The third-order valence-corrected chi connectivity index (χ3v) is 1.25. The van der Waals surface area contributed by atoms with Gasteiger partial charge in [0.25, 0.3) is 0 Å². The van der Waals surface area contributed by atoms with Crippen molar-refractivity contribution in [3.8, 4) is 0 Å². The molecule has 1 rings (SSSR count). The fraction of sp³-hybridized carbons (Fsp3) is 0.250. The molecule has 3 heteroatoms. The fourth-order valence-electron chi connectivity index (χ4n) is 0.833. The van der Waals surface area contributed by atoms with Gasteiger partial charge in [0.15, 0.2) is 0 Å². The fourth-order valence-corrected chi connectivity index (χ4v) is 0.833. The maximum Gasteiger partial charge on any atom is 0.385 e. The summed E-state index contributed by atoms with van der Waals surface area (Å²) < 4.78 is 23.7. The average molecular weight is 157 g/mol. The summed E-state index contributed by atoms with van der Waals surface area (Å²) in [5.41, 5.74) is 0.368. The summed E-state index contributed by atoms with van der Waals surface area (Å²) in [6.45, 7) is 0. The van der Waals surface area contributed by atoms with E-state index in [4.69, 9.17) is 0 Å². The lowest BCUT2D eigenvalue weighted by atomic mass is 10.1. The summed E-state index contributed by atoms with van der Waals surface area (Å²) in [6, 6.07) is 7.98. The van der Waals surface area contributed by atoms with Crippen molar-refractivity contribution in [3.63, 3.8) is 0 Å². The molecule has 59 valence electrons. The Kier molecular flexibility index (Phi) is 2.19. The SMILES string of the molecule is [O]C(F)(F)Cc1ccccc1. The van der Waals surface area contributed by atoms with Crippen molar-refractivity contribution in [2.75, 3.05) is 0 Å². The van der Waals surface area contributed by atoms with Gasteiger partial charge in [0.1, 0.15) is 0 Å². The van der Waals surface area contributed by atoms with Crippen LogP contribution in [0, 0.1) is 0 Å². The van der Waals surface area contributed by atoms with Crippen LogP contribution < -0.4 is 0 Å². The molecule has 0 amide bonds. The molecule has 1 radical (unpaired) electrons. The van der Waals surface area contributed by atoms with Crippen LogP contribution in [-0.4, -0.2) is 6.11 Å². The third kappa shape index (κ3) is 3.09. The first kappa shape index (κ1) is 8.14. The minimum atomic E-state index is -3.85. The monoisotopic (exact) mass is 157 g/mol. The van der Waals surface area contributed by atoms with Crippen LogP contribution in [0.2, 0.25) is 0 Å². The quantitative estimate of drug-likeness (QED) is 0.627. The summed E-state index contributed by atoms with van der Waals surface area (Å²) in [6.07, 6.45) is -4.57. The summed E-state index contributed by atoms with van der Waals surface area (Å²) in [5, 5.41) is 9.94. The Bertz CT molecular complexity index is 215. The standard InChI is InChI=1S/C8H7F2O/c9-8(10,11)6-7-4-2-1-3-5-7/h1-5H,6H2. The van der Waals surface area contributed by atoms with Crippen molar-refractivity contribution in [2.45, 2.75) is 12.5 Å². The summed E-state index contributed by atoms with van der Waals surface area (Å²) in [7, 11) is 0. The second kappa shape index (κ2) is 2.96. The first-order valence-corrected chi connectivity index (χ1v) is 3.20. The van der Waals surface area contributed by atoms with E-state index in [2.05, 4.69) is 0 Å². The van der Waals surface area contributed by atoms with Crippen LogP contribution in [-0.2, 0) is 11.5 Å². The van der Waals surface area contributed by atoms with E-state index in [-0.39, 0.29) is 0 Å². The molecule has 0 aliphatic heterocycles. The topological polar surface area (TPSA) is 19.9 Å². The minimum Gasteiger partial charge on any atom is -0.173 e. The highest BCUT2D eigenvalue weighted by atomic mass is 19.3. The molecule has 11 heavy (non-hydrogen) atoms. The van der Waals surface area contributed by atoms with Gasteiger partial charge in [0.2, 0.25) is 0 Å². The normalized spacial score (nSPS) is 11.5.